The second-order valence-corrected chi connectivity index (χ2v) is 22.4. The van der Waals surface area contributed by atoms with Gasteiger partial charge in [-0.2, -0.15) is 0 Å². The van der Waals surface area contributed by atoms with E-state index in [9.17, 15) is 59.4 Å². The van der Waals surface area contributed by atoms with E-state index in [1.807, 2.05) is 0 Å². The van der Waals surface area contributed by atoms with Crippen molar-refractivity contribution in [1.82, 2.24) is 0 Å². The number of carbonyl (C=O) groups is 6. The minimum Gasteiger partial charge on any atom is -0.507 e. The van der Waals surface area contributed by atoms with Crippen LogP contribution in [-0.4, -0.2) is 65.7 Å². The van der Waals surface area contributed by atoms with Crippen molar-refractivity contribution in [3.63, 3.8) is 0 Å². The number of hydrogen-bond acceptors (Lipinski definition) is 18. The van der Waals surface area contributed by atoms with Crippen molar-refractivity contribution in [3.05, 3.63) is 153 Å². The molecule has 3 unspecified atom stereocenters. The first-order valence-corrected chi connectivity index (χ1v) is 27.1. The quantitative estimate of drug-likeness (QED) is 0.0843. The highest BCUT2D eigenvalue weighted by Crippen LogP contribution is 2.69. The normalized spacial score (nSPS) is 20.9. The number of ketones is 4. The molecule has 86 heavy (non-hydrogen) atoms. The lowest BCUT2D eigenvalue weighted by Crippen LogP contribution is -2.54. The Balaban J connectivity index is 0.975. The van der Waals surface area contributed by atoms with Gasteiger partial charge in [0.2, 0.25) is 0 Å². The van der Waals surface area contributed by atoms with Crippen LogP contribution >= 0.6 is 0 Å². The molecular weight excluding hydrogens is 1110 g/mol. The topological polar surface area (TPSA) is 298 Å². The molecule has 0 amide bonds. The van der Waals surface area contributed by atoms with Gasteiger partial charge in [0.05, 0.1) is 79.1 Å². The Bertz CT molecular complexity index is 4650. The van der Waals surface area contributed by atoms with Gasteiger partial charge in [-0.3, -0.25) is 19.2 Å². The van der Waals surface area contributed by atoms with E-state index in [1.54, 1.807) is 50.2 Å². The Morgan fingerprint density at radius 3 is 1.42 bits per heavy atom. The Morgan fingerprint density at radius 1 is 0.419 bits per heavy atom. The highest BCUT2D eigenvalue weighted by molar-refractivity contribution is 6.08. The fourth-order valence-electron chi connectivity index (χ4n) is 13.9. The zero-order valence-corrected chi connectivity index (χ0v) is 46.0. The number of rotatable bonds is 6. The molecule has 5 atom stereocenters. The molecule has 7 aliphatic rings. The molecule has 6 N–H and O–H groups in total. The van der Waals surface area contributed by atoms with Gasteiger partial charge in [0.1, 0.15) is 92.2 Å². The molecule has 7 heterocycles. The van der Waals surface area contributed by atoms with E-state index in [1.165, 1.54) is 76.2 Å². The number of aromatic carboxylic acids is 2. The molecule has 8 aromatic carbocycles. The van der Waals surface area contributed by atoms with Gasteiger partial charge in [0.25, 0.3) is 11.6 Å². The maximum atomic E-state index is 14.1. The number of fused-ring (bicyclic) bond motifs is 8. The molecule has 20 heteroatoms. The average Bonchev–Trinajstić information content (AvgIpc) is 0.692. The molecule has 0 fully saturated rings. The highest BCUT2D eigenvalue weighted by Gasteiger charge is 2.62. The minimum atomic E-state index is -2.17. The lowest BCUT2D eigenvalue weighted by Gasteiger charge is -2.51. The lowest BCUT2D eigenvalue weighted by atomic mass is 9.73. The van der Waals surface area contributed by atoms with E-state index >= 15 is 0 Å². The highest BCUT2D eigenvalue weighted by atomic mass is 16.7. The Labute approximate surface area is 485 Å². The third kappa shape index (κ3) is 6.57. The zero-order chi connectivity index (χ0) is 60.3. The van der Waals surface area contributed by atoms with Crippen LogP contribution in [0.4, 0.5) is 0 Å². The van der Waals surface area contributed by atoms with Gasteiger partial charge in [0, 0.05) is 33.4 Å². The van der Waals surface area contributed by atoms with Crippen LogP contribution in [0.5, 0.6) is 80.5 Å². The standard InChI is InChI=1S/C66H44O20/c1-24-59-52-43(86-66(24)55-34(63(77)78)8-14-36(72)46(55)50-41(85-66)17-10-30(26(3)68)58(50)74)21-19-37-47(52)51-39(80-59)15-11-31(27(4)69)60(51)81-61-32(28(5)70)12-18-42-53(61)48-38(79-37)20-22-44-56(48)64(6,82-42)23-65(84-44)54-33(62(75)76)7-13-35(71)45(54)49-40(83-65)16-9-29(25(2)67)57(49)73/h7-22,24,59,71-74H,23H2,1-6H3,(H,75,76)(H,77,78)/t24-,59?,64-,65?,66?/m0/s1. The Morgan fingerprint density at radius 2 is 0.849 bits per heavy atom. The summed E-state index contributed by atoms with van der Waals surface area (Å²) in [7, 11) is 0. The second-order valence-electron chi connectivity index (χ2n) is 22.4. The monoisotopic (exact) mass is 1160 g/mol. The van der Waals surface area contributed by atoms with Gasteiger partial charge in [-0.1, -0.05) is 6.92 Å². The number of ether oxygens (including phenoxy) is 8. The largest absolute Gasteiger partial charge is 0.507 e. The van der Waals surface area contributed by atoms with E-state index < -0.39 is 87.3 Å². The van der Waals surface area contributed by atoms with Crippen molar-refractivity contribution >= 4 is 35.1 Å². The van der Waals surface area contributed by atoms with E-state index in [-0.39, 0.29) is 153 Å². The fraction of sp³-hybridized carbons (Fsp3) is 0.182. The fourth-order valence-corrected chi connectivity index (χ4v) is 13.9. The third-order valence-corrected chi connectivity index (χ3v) is 17.4. The van der Waals surface area contributed by atoms with E-state index in [0.29, 0.717) is 11.1 Å². The predicted octanol–water partition coefficient (Wildman–Crippen LogP) is 12.6. The molecule has 7 aliphatic heterocycles. The molecule has 15 rings (SSSR count). The van der Waals surface area contributed by atoms with Crippen molar-refractivity contribution < 1.29 is 97.3 Å². The molecule has 8 aromatic rings. The SMILES string of the molecule is CC(=O)c1ccc2c(c1O)-c1c(O)ccc(C(=O)O)c1C1(C[C@]3(C)Oc4ccc(C(C)=O)c5c4-c4c(ccc(c43)O1)Oc1ccc3c4c1-c1c(ccc(C(C)=O)c1O5)OC4[C@H](C)C1(Oc4ccc(C(C)=O)c(O)c4-c4c(O)ccc(C(=O)O)c41)O3)O2. The van der Waals surface area contributed by atoms with Crippen LogP contribution in [0.25, 0.3) is 44.5 Å². The molecule has 0 aliphatic carbocycles. The van der Waals surface area contributed by atoms with Gasteiger partial charge < -0.3 is 68.5 Å². The van der Waals surface area contributed by atoms with Crippen LogP contribution < -0.4 is 37.9 Å². The number of aromatic hydroxyl groups is 4. The molecule has 0 saturated carbocycles. The maximum Gasteiger partial charge on any atom is 0.336 e. The second kappa shape index (κ2) is 17.1. The number of Topliss-reactive ketones (excluding diaryl/α,β-unsaturated/α-hetero) is 4. The molecule has 20 nitrogen and oxygen atoms in total. The van der Waals surface area contributed by atoms with Crippen LogP contribution in [0.3, 0.4) is 0 Å². The maximum absolute atomic E-state index is 14.1. The number of phenolic OH excluding ortho intramolecular Hbond substituents is 4. The summed E-state index contributed by atoms with van der Waals surface area (Å²) in [5.74, 6) is -11.9. The van der Waals surface area contributed by atoms with E-state index in [2.05, 4.69) is 0 Å². The summed E-state index contributed by atoms with van der Waals surface area (Å²) in [6.45, 7) is 8.56. The molecule has 0 aromatic heterocycles. The molecule has 0 radical (unpaired) electrons. The Hall–Kier alpha value is -11.0. The molecular formula is C66H44O20. The van der Waals surface area contributed by atoms with Crippen LogP contribution in [0.1, 0.15) is 138 Å². The average molecular weight is 1160 g/mol. The number of carboxylic acids is 2. The summed E-state index contributed by atoms with van der Waals surface area (Å²) in [4.78, 5) is 80.5. The van der Waals surface area contributed by atoms with Gasteiger partial charge in [-0.05, 0) is 132 Å². The van der Waals surface area contributed by atoms with Gasteiger partial charge >= 0.3 is 11.9 Å². The molecule has 428 valence electrons. The molecule has 0 bridgehead atoms. The minimum absolute atomic E-state index is 0.0454. The first kappa shape index (κ1) is 51.8. The molecule has 2 spiro atoms. The van der Waals surface area contributed by atoms with Crippen LogP contribution in [0.2, 0.25) is 0 Å². The van der Waals surface area contributed by atoms with Gasteiger partial charge in [-0.25, -0.2) is 9.59 Å². The number of carbonyl (C=O) groups excluding carboxylic acids is 4. The summed E-state index contributed by atoms with van der Waals surface area (Å²) < 4.78 is 56.4. The van der Waals surface area contributed by atoms with Crippen LogP contribution in [0, 0.1) is 5.92 Å². The van der Waals surface area contributed by atoms with Crippen molar-refractivity contribution in [2.75, 3.05) is 0 Å². The number of carboxylic acid groups (broad SMARTS) is 2. The third-order valence-electron chi connectivity index (χ3n) is 17.4. The first-order chi connectivity index (χ1) is 41.0. The van der Waals surface area contributed by atoms with Crippen LogP contribution in [0.15, 0.2) is 97.1 Å². The van der Waals surface area contributed by atoms with Gasteiger partial charge in [-0.15, -0.1) is 0 Å². The summed E-state index contributed by atoms with van der Waals surface area (Å²) in [5, 5.41) is 68.6. The van der Waals surface area contributed by atoms with Crippen molar-refractivity contribution in [1.29, 1.82) is 0 Å². The zero-order valence-electron chi connectivity index (χ0n) is 46.0. The number of phenols is 4. The van der Waals surface area contributed by atoms with Crippen LogP contribution in [-0.2, 0) is 17.2 Å². The molecule has 0 saturated heterocycles. The van der Waals surface area contributed by atoms with E-state index in [4.69, 9.17) is 37.9 Å². The summed E-state index contributed by atoms with van der Waals surface area (Å²) in [5.41, 5.74) is -1.95. The number of benzene rings is 8. The summed E-state index contributed by atoms with van der Waals surface area (Å²) in [6.07, 6.45) is -1.52. The lowest BCUT2D eigenvalue weighted by molar-refractivity contribution is -0.198. The van der Waals surface area contributed by atoms with E-state index in [0.717, 1.165) is 12.1 Å². The smallest absolute Gasteiger partial charge is 0.336 e. The summed E-state index contributed by atoms with van der Waals surface area (Å²) in [6, 6.07) is 22.6. The number of hydrogen-bond donors (Lipinski definition) is 6. The van der Waals surface area contributed by atoms with Crippen molar-refractivity contribution in [3.8, 4) is 125 Å². The Kier molecular flexibility index (Phi) is 10.3. The van der Waals surface area contributed by atoms with Crippen molar-refractivity contribution in [2.45, 2.75) is 71.2 Å². The first-order valence-electron chi connectivity index (χ1n) is 27.1. The summed E-state index contributed by atoms with van der Waals surface area (Å²) >= 11 is 0. The predicted molar refractivity (Wildman–Crippen MR) is 299 cm³/mol. The van der Waals surface area contributed by atoms with Crippen molar-refractivity contribution in [2.24, 2.45) is 5.92 Å². The van der Waals surface area contributed by atoms with Gasteiger partial charge in [0.15, 0.2) is 23.1 Å².